The molecule has 7 heteroatoms. The van der Waals surface area contributed by atoms with Crippen LogP contribution in [0.15, 0.2) is 47.4 Å². The van der Waals surface area contributed by atoms with Gasteiger partial charge in [0.05, 0.1) is 5.69 Å². The topological polar surface area (TPSA) is 37.4 Å². The van der Waals surface area contributed by atoms with Crippen LogP contribution in [-0.4, -0.2) is 15.5 Å². The molecule has 0 saturated heterocycles. The van der Waals surface area contributed by atoms with Crippen LogP contribution in [0.2, 0.25) is 0 Å². The minimum absolute atomic E-state index is 0.0620. The number of sulfonamides is 1. The molecule has 0 atom stereocenters. The Morgan fingerprint density at radius 1 is 1.14 bits per heavy atom. The Balaban J connectivity index is 2.51. The number of nitrogens with zero attached hydrogens (tertiary/aromatic N) is 1. The lowest BCUT2D eigenvalue weighted by atomic mass is 10.2. The highest BCUT2D eigenvalue weighted by atomic mass is 35.5. The molecule has 0 aliphatic heterocycles. The molecule has 0 saturated carbocycles. The molecule has 112 valence electrons. The third-order valence-corrected chi connectivity index (χ3v) is 5.07. The van der Waals surface area contributed by atoms with E-state index in [-0.39, 0.29) is 11.6 Å². The van der Waals surface area contributed by atoms with Crippen molar-refractivity contribution in [1.29, 1.82) is 0 Å². The molecule has 0 fully saturated rings. The second kappa shape index (κ2) is 5.99. The van der Waals surface area contributed by atoms with Crippen molar-refractivity contribution < 1.29 is 17.2 Å². The number of anilines is 1. The smallest absolute Gasteiger partial charge is 0.266 e. The molecule has 3 nitrogen and oxygen atoms in total. The summed E-state index contributed by atoms with van der Waals surface area (Å²) in [6.07, 6.45) is 0. The van der Waals surface area contributed by atoms with E-state index in [4.69, 9.17) is 11.6 Å². The van der Waals surface area contributed by atoms with E-state index in [1.807, 2.05) is 0 Å². The SMILES string of the molecule is CN(c1cccc(F)c1)S(=O)(=O)c1cc(CCl)ccc1F. The van der Waals surface area contributed by atoms with Gasteiger partial charge in [-0.2, -0.15) is 0 Å². The summed E-state index contributed by atoms with van der Waals surface area (Å²) in [7, 11) is -2.91. The highest BCUT2D eigenvalue weighted by Crippen LogP contribution is 2.25. The molecular weight excluding hydrogens is 320 g/mol. The molecule has 2 aromatic rings. The Morgan fingerprint density at radius 2 is 1.86 bits per heavy atom. The zero-order valence-electron chi connectivity index (χ0n) is 11.1. The quantitative estimate of drug-likeness (QED) is 0.804. The van der Waals surface area contributed by atoms with E-state index in [1.54, 1.807) is 0 Å². The van der Waals surface area contributed by atoms with Crippen molar-refractivity contribution in [3.05, 3.63) is 59.7 Å². The number of hydrogen-bond donors (Lipinski definition) is 0. The summed E-state index contributed by atoms with van der Waals surface area (Å²) in [5, 5.41) is 0. The van der Waals surface area contributed by atoms with E-state index < -0.39 is 26.6 Å². The van der Waals surface area contributed by atoms with Gasteiger partial charge >= 0.3 is 0 Å². The van der Waals surface area contributed by atoms with Crippen LogP contribution in [-0.2, 0) is 15.9 Å². The average Bonchev–Trinajstić information content (AvgIpc) is 2.46. The van der Waals surface area contributed by atoms with Crippen LogP contribution >= 0.6 is 11.6 Å². The first kappa shape index (κ1) is 15.7. The zero-order chi connectivity index (χ0) is 15.6. The summed E-state index contributed by atoms with van der Waals surface area (Å²) in [4.78, 5) is -0.493. The Kier molecular flexibility index (Phi) is 4.49. The van der Waals surface area contributed by atoms with Crippen molar-refractivity contribution in [2.45, 2.75) is 10.8 Å². The molecule has 0 aromatic heterocycles. The second-order valence-electron chi connectivity index (χ2n) is 4.35. The third-order valence-electron chi connectivity index (χ3n) is 2.96. The summed E-state index contributed by atoms with van der Waals surface area (Å²) in [5.74, 6) is -1.40. The number of alkyl halides is 1. The Bertz CT molecular complexity index is 765. The highest BCUT2D eigenvalue weighted by molar-refractivity contribution is 7.92. The van der Waals surface area contributed by atoms with Crippen LogP contribution in [0.1, 0.15) is 5.56 Å². The van der Waals surface area contributed by atoms with Gasteiger partial charge in [-0.05, 0) is 35.9 Å². The van der Waals surface area contributed by atoms with Crippen molar-refractivity contribution in [2.24, 2.45) is 0 Å². The number of rotatable bonds is 4. The van der Waals surface area contributed by atoms with E-state index in [2.05, 4.69) is 0 Å². The minimum Gasteiger partial charge on any atom is -0.269 e. The molecule has 0 heterocycles. The molecule has 0 radical (unpaired) electrons. The van der Waals surface area contributed by atoms with Crippen LogP contribution in [0.3, 0.4) is 0 Å². The lowest BCUT2D eigenvalue weighted by Gasteiger charge is -2.20. The van der Waals surface area contributed by atoms with Crippen LogP contribution in [0, 0.1) is 11.6 Å². The van der Waals surface area contributed by atoms with Gasteiger partial charge in [0.1, 0.15) is 16.5 Å². The van der Waals surface area contributed by atoms with Gasteiger partial charge in [0.25, 0.3) is 10.0 Å². The van der Waals surface area contributed by atoms with Crippen molar-refractivity contribution in [1.82, 2.24) is 0 Å². The molecule has 0 unspecified atom stereocenters. The first-order chi connectivity index (χ1) is 9.86. The Morgan fingerprint density at radius 3 is 2.48 bits per heavy atom. The Labute approximate surface area is 126 Å². The standard InChI is InChI=1S/C14H12ClF2NO2S/c1-18(12-4-2-3-11(16)8-12)21(19,20)14-7-10(9-15)5-6-13(14)17/h2-8H,9H2,1H3. The van der Waals surface area contributed by atoms with Gasteiger partial charge in [-0.15, -0.1) is 11.6 Å². The largest absolute Gasteiger partial charge is 0.269 e. The first-order valence-electron chi connectivity index (χ1n) is 5.95. The number of halogens is 3. The average molecular weight is 332 g/mol. The van der Waals surface area contributed by atoms with Crippen LogP contribution in [0.5, 0.6) is 0 Å². The lowest BCUT2D eigenvalue weighted by molar-refractivity contribution is 0.565. The molecule has 0 bridgehead atoms. The molecule has 0 amide bonds. The van der Waals surface area contributed by atoms with Gasteiger partial charge in [0.15, 0.2) is 0 Å². The summed E-state index contributed by atoms with van der Waals surface area (Å²) in [6, 6.07) is 8.67. The first-order valence-corrected chi connectivity index (χ1v) is 7.92. The summed E-state index contributed by atoms with van der Waals surface area (Å²) in [5.41, 5.74) is 0.579. The minimum atomic E-state index is -4.14. The third kappa shape index (κ3) is 3.16. The van der Waals surface area contributed by atoms with E-state index in [1.165, 1.54) is 37.4 Å². The predicted octanol–water partition coefficient (Wildman–Crippen LogP) is 3.53. The van der Waals surface area contributed by atoms with Crippen molar-refractivity contribution in [2.75, 3.05) is 11.4 Å². The molecule has 0 aliphatic rings. The maximum absolute atomic E-state index is 13.8. The fourth-order valence-corrected chi connectivity index (χ4v) is 3.25. The van der Waals surface area contributed by atoms with Gasteiger partial charge in [-0.3, -0.25) is 4.31 Å². The summed E-state index contributed by atoms with van der Waals surface area (Å²) >= 11 is 5.64. The predicted molar refractivity (Wildman–Crippen MR) is 77.9 cm³/mol. The summed E-state index contributed by atoms with van der Waals surface area (Å²) in [6.45, 7) is 0. The van der Waals surface area contributed by atoms with Crippen molar-refractivity contribution in [3.63, 3.8) is 0 Å². The van der Waals surface area contributed by atoms with Gasteiger partial charge < -0.3 is 0 Å². The van der Waals surface area contributed by atoms with E-state index in [0.29, 0.717) is 5.56 Å². The summed E-state index contributed by atoms with van der Waals surface area (Å²) < 4.78 is 52.8. The monoisotopic (exact) mass is 331 g/mol. The van der Waals surface area contributed by atoms with Crippen LogP contribution in [0.25, 0.3) is 0 Å². The normalized spacial score (nSPS) is 11.4. The maximum atomic E-state index is 13.8. The van der Waals surface area contributed by atoms with Gasteiger partial charge in [0, 0.05) is 12.9 Å². The van der Waals surface area contributed by atoms with Crippen molar-refractivity contribution in [3.8, 4) is 0 Å². The molecular formula is C14H12ClF2NO2S. The number of hydrogen-bond acceptors (Lipinski definition) is 2. The van der Waals surface area contributed by atoms with Gasteiger partial charge in [0.2, 0.25) is 0 Å². The van der Waals surface area contributed by atoms with E-state index in [9.17, 15) is 17.2 Å². The maximum Gasteiger partial charge on any atom is 0.266 e. The van der Waals surface area contributed by atoms with Crippen LogP contribution < -0.4 is 4.31 Å². The second-order valence-corrected chi connectivity index (χ2v) is 6.56. The van der Waals surface area contributed by atoms with Gasteiger partial charge in [-0.25, -0.2) is 17.2 Å². The molecule has 21 heavy (non-hydrogen) atoms. The van der Waals surface area contributed by atoms with Crippen LogP contribution in [0.4, 0.5) is 14.5 Å². The van der Waals surface area contributed by atoms with Crippen molar-refractivity contribution >= 4 is 27.3 Å². The van der Waals surface area contributed by atoms with E-state index in [0.717, 1.165) is 16.4 Å². The molecule has 2 rings (SSSR count). The Hall–Kier alpha value is -1.66. The zero-order valence-corrected chi connectivity index (χ0v) is 12.6. The lowest BCUT2D eigenvalue weighted by Crippen LogP contribution is -2.27. The van der Waals surface area contributed by atoms with E-state index >= 15 is 0 Å². The molecule has 0 spiro atoms. The number of benzene rings is 2. The fourth-order valence-electron chi connectivity index (χ4n) is 1.79. The molecule has 0 aliphatic carbocycles. The molecule has 0 N–H and O–H groups in total. The molecule has 2 aromatic carbocycles. The highest BCUT2D eigenvalue weighted by Gasteiger charge is 2.25. The van der Waals surface area contributed by atoms with Gasteiger partial charge in [-0.1, -0.05) is 12.1 Å². The fraction of sp³-hybridized carbons (Fsp3) is 0.143.